The summed E-state index contributed by atoms with van der Waals surface area (Å²) in [6, 6.07) is 19.7. The Balaban J connectivity index is 1.58. The summed E-state index contributed by atoms with van der Waals surface area (Å²) in [5.41, 5.74) is 6.44. The lowest BCUT2D eigenvalue weighted by molar-refractivity contribution is 0.361. The number of nitrogens with zero attached hydrogens (tertiary/aromatic N) is 2. The second-order valence-corrected chi connectivity index (χ2v) is 10.0. The maximum atomic E-state index is 4.73. The summed E-state index contributed by atoms with van der Waals surface area (Å²) in [5, 5.41) is 2.45. The summed E-state index contributed by atoms with van der Waals surface area (Å²) >= 11 is 0. The highest BCUT2D eigenvalue weighted by atomic mass is 14.7. The first-order valence-corrected chi connectivity index (χ1v) is 10.4. The van der Waals surface area contributed by atoms with Gasteiger partial charge in [-0.15, -0.1) is 0 Å². The van der Waals surface area contributed by atoms with E-state index < -0.39 is 0 Å². The fourth-order valence-corrected chi connectivity index (χ4v) is 4.14. The quantitative estimate of drug-likeness (QED) is 0.384. The van der Waals surface area contributed by atoms with Gasteiger partial charge in [-0.2, -0.15) is 0 Å². The van der Waals surface area contributed by atoms with Crippen LogP contribution in [0.5, 0.6) is 0 Å². The smallest absolute Gasteiger partial charge is 0.0702 e. The molecule has 0 saturated carbocycles. The fraction of sp³-hybridized carbons (Fsp3) is 0.333. The Morgan fingerprint density at radius 2 is 1.38 bits per heavy atom. The normalized spacial score (nSPS) is 12.6. The van der Waals surface area contributed by atoms with E-state index in [1.807, 2.05) is 18.5 Å². The minimum atomic E-state index is 0.146. The Bertz CT molecular complexity index is 1170. The molecule has 2 nitrogen and oxygen atoms in total. The fourth-order valence-electron chi connectivity index (χ4n) is 4.14. The zero-order chi connectivity index (χ0) is 20.6. The van der Waals surface area contributed by atoms with Gasteiger partial charge in [0.05, 0.1) is 11.0 Å². The molecule has 0 spiro atoms. The number of hydrogen-bond donors (Lipinski definition) is 0. The molecule has 0 aliphatic heterocycles. The molecule has 2 heteroatoms. The van der Waals surface area contributed by atoms with Crippen LogP contribution in [0.15, 0.2) is 67.0 Å². The van der Waals surface area contributed by atoms with Crippen molar-refractivity contribution >= 4 is 21.8 Å². The molecule has 0 unspecified atom stereocenters. The van der Waals surface area contributed by atoms with E-state index in [0.717, 1.165) is 23.9 Å². The van der Waals surface area contributed by atoms with Crippen LogP contribution < -0.4 is 0 Å². The first-order chi connectivity index (χ1) is 13.7. The van der Waals surface area contributed by atoms with Crippen molar-refractivity contribution in [3.63, 3.8) is 0 Å². The molecule has 0 fully saturated rings. The van der Waals surface area contributed by atoms with Gasteiger partial charge < -0.3 is 0 Å². The molecule has 0 N–H and O–H groups in total. The van der Waals surface area contributed by atoms with Gasteiger partial charge >= 0.3 is 0 Å². The minimum absolute atomic E-state index is 0.146. The molecule has 0 saturated heterocycles. The van der Waals surface area contributed by atoms with E-state index in [2.05, 4.69) is 88.1 Å². The van der Waals surface area contributed by atoms with Crippen molar-refractivity contribution in [2.24, 2.45) is 5.41 Å². The topological polar surface area (TPSA) is 25.8 Å². The van der Waals surface area contributed by atoms with Crippen LogP contribution in [0, 0.1) is 5.41 Å². The lowest BCUT2D eigenvalue weighted by Crippen LogP contribution is -2.18. The molecule has 4 aromatic rings. The average Bonchev–Trinajstić information content (AvgIpc) is 2.66. The molecule has 0 bridgehead atoms. The van der Waals surface area contributed by atoms with Crippen molar-refractivity contribution in [3.8, 4) is 0 Å². The zero-order valence-electron chi connectivity index (χ0n) is 18.2. The maximum absolute atomic E-state index is 4.73. The maximum Gasteiger partial charge on any atom is 0.0702 e. The second kappa shape index (κ2) is 7.26. The van der Waals surface area contributed by atoms with Crippen molar-refractivity contribution in [2.45, 2.75) is 52.9 Å². The Morgan fingerprint density at radius 3 is 2.17 bits per heavy atom. The van der Waals surface area contributed by atoms with Crippen LogP contribution in [-0.2, 0) is 18.3 Å². The molecule has 0 aliphatic carbocycles. The molecule has 148 valence electrons. The largest absolute Gasteiger partial charge is 0.256 e. The van der Waals surface area contributed by atoms with E-state index in [-0.39, 0.29) is 10.8 Å². The van der Waals surface area contributed by atoms with Crippen LogP contribution in [0.1, 0.15) is 51.3 Å². The van der Waals surface area contributed by atoms with E-state index in [1.54, 1.807) is 0 Å². The Kier molecular flexibility index (Phi) is 4.90. The number of benzene rings is 2. The van der Waals surface area contributed by atoms with Crippen molar-refractivity contribution in [1.82, 2.24) is 9.97 Å². The van der Waals surface area contributed by atoms with Gasteiger partial charge in [0.1, 0.15) is 0 Å². The summed E-state index contributed by atoms with van der Waals surface area (Å²) in [5.74, 6) is 0. The van der Waals surface area contributed by atoms with Crippen LogP contribution in [0.25, 0.3) is 21.8 Å². The van der Waals surface area contributed by atoms with E-state index in [0.29, 0.717) is 0 Å². The molecular weight excluding hydrogens is 352 g/mol. The molecule has 0 aliphatic rings. The minimum Gasteiger partial charge on any atom is -0.256 e. The predicted octanol–water partition coefficient (Wildman–Crippen LogP) is 6.89. The number of pyridine rings is 2. The summed E-state index contributed by atoms with van der Waals surface area (Å²) in [6.07, 6.45) is 5.92. The zero-order valence-corrected chi connectivity index (χ0v) is 18.2. The molecule has 2 aromatic carbocycles. The number of fused-ring (bicyclic) bond motifs is 2. The van der Waals surface area contributed by atoms with Crippen LogP contribution >= 0.6 is 0 Å². The van der Waals surface area contributed by atoms with E-state index in [4.69, 9.17) is 4.98 Å². The van der Waals surface area contributed by atoms with Gasteiger partial charge in [-0.3, -0.25) is 9.97 Å². The van der Waals surface area contributed by atoms with E-state index in [1.165, 1.54) is 27.5 Å². The highest BCUT2D eigenvalue weighted by Crippen LogP contribution is 2.30. The molecule has 2 heterocycles. The highest BCUT2D eigenvalue weighted by Gasteiger charge is 2.20. The van der Waals surface area contributed by atoms with Crippen LogP contribution in [0.4, 0.5) is 0 Å². The second-order valence-electron chi connectivity index (χ2n) is 10.0. The first kappa shape index (κ1) is 19.6. The molecule has 0 atom stereocenters. The number of hydrogen-bond acceptors (Lipinski definition) is 2. The first-order valence-electron chi connectivity index (χ1n) is 10.4. The predicted molar refractivity (Wildman–Crippen MR) is 123 cm³/mol. The van der Waals surface area contributed by atoms with Crippen LogP contribution in [0.3, 0.4) is 0 Å². The highest BCUT2D eigenvalue weighted by molar-refractivity contribution is 5.80. The molecular formula is C27H30N2. The van der Waals surface area contributed by atoms with E-state index in [9.17, 15) is 0 Å². The van der Waals surface area contributed by atoms with Gasteiger partial charge in [0.2, 0.25) is 0 Å². The number of aromatic nitrogens is 2. The van der Waals surface area contributed by atoms with Gasteiger partial charge in [-0.1, -0.05) is 52.8 Å². The molecule has 0 radical (unpaired) electrons. The SMILES string of the molecule is CC(C)(Cc1ccc2ncccc2c1)Cc1cnc2ccc(C(C)(C)C)cc2c1. The van der Waals surface area contributed by atoms with Gasteiger partial charge in [-0.25, -0.2) is 0 Å². The van der Waals surface area contributed by atoms with Gasteiger partial charge in [0, 0.05) is 23.2 Å². The standard InChI is InChI=1S/C27H30N2/c1-26(2,3)23-9-11-25-22(15-23)14-20(18-29-25)17-27(4,5)16-19-8-10-24-21(13-19)7-6-12-28-24/h6-15,18H,16-17H2,1-5H3. The Hall–Kier alpha value is -2.74. The third kappa shape index (κ3) is 4.48. The lowest BCUT2D eigenvalue weighted by Gasteiger charge is -2.25. The third-order valence-electron chi connectivity index (χ3n) is 5.64. The molecule has 2 aromatic heterocycles. The summed E-state index contributed by atoms with van der Waals surface area (Å²) < 4.78 is 0. The third-order valence-corrected chi connectivity index (χ3v) is 5.64. The van der Waals surface area contributed by atoms with Gasteiger partial charge in [0.25, 0.3) is 0 Å². The lowest BCUT2D eigenvalue weighted by atomic mass is 9.80. The molecule has 29 heavy (non-hydrogen) atoms. The van der Waals surface area contributed by atoms with Crippen molar-refractivity contribution in [3.05, 3.63) is 83.7 Å². The molecule has 0 amide bonds. The average molecular weight is 383 g/mol. The van der Waals surface area contributed by atoms with E-state index >= 15 is 0 Å². The molecule has 4 rings (SSSR count). The summed E-state index contributed by atoms with van der Waals surface area (Å²) in [6.45, 7) is 11.5. The summed E-state index contributed by atoms with van der Waals surface area (Å²) in [4.78, 5) is 9.16. The Morgan fingerprint density at radius 1 is 0.690 bits per heavy atom. The van der Waals surface area contributed by atoms with Crippen LogP contribution in [-0.4, -0.2) is 9.97 Å². The van der Waals surface area contributed by atoms with Crippen molar-refractivity contribution < 1.29 is 0 Å². The van der Waals surface area contributed by atoms with Crippen LogP contribution in [0.2, 0.25) is 0 Å². The van der Waals surface area contributed by atoms with Crippen molar-refractivity contribution in [2.75, 3.05) is 0 Å². The van der Waals surface area contributed by atoms with Gasteiger partial charge in [-0.05, 0) is 76.8 Å². The van der Waals surface area contributed by atoms with Gasteiger partial charge in [0.15, 0.2) is 0 Å². The van der Waals surface area contributed by atoms with Crippen molar-refractivity contribution in [1.29, 1.82) is 0 Å². The monoisotopic (exact) mass is 382 g/mol. The number of rotatable bonds is 4. The summed E-state index contributed by atoms with van der Waals surface area (Å²) in [7, 11) is 0. The Labute approximate surface area is 174 Å².